The van der Waals surface area contributed by atoms with Crippen molar-refractivity contribution in [2.75, 3.05) is 6.54 Å². The van der Waals surface area contributed by atoms with Gasteiger partial charge in [-0.2, -0.15) is 0 Å². The number of fused-ring (bicyclic) bond motifs is 1. The molecule has 0 spiro atoms. The standard InChI is InChI=1S/C32H36ClN3O2/c1-3-5-6-12-23-35(30(37)22-17-24-13-8-7-9-14-24)29(4-2)31-34-28-16-11-10-15-27(28)32(38)36(31)26-20-18-25(33)19-21-26/h7-11,13-16,18-21,29H,3-6,12,17,22-23H2,1-2H3. The van der Waals surface area contributed by atoms with Crippen LogP contribution in [0, 0.1) is 0 Å². The van der Waals surface area contributed by atoms with Crippen LogP contribution in [0.1, 0.15) is 69.8 Å². The molecule has 0 radical (unpaired) electrons. The first kappa shape index (κ1) is 27.6. The van der Waals surface area contributed by atoms with Crippen LogP contribution >= 0.6 is 11.6 Å². The summed E-state index contributed by atoms with van der Waals surface area (Å²) in [6.45, 7) is 4.87. The fourth-order valence-corrected chi connectivity index (χ4v) is 5.08. The summed E-state index contributed by atoms with van der Waals surface area (Å²) >= 11 is 6.17. The lowest BCUT2D eigenvalue weighted by atomic mass is 10.1. The van der Waals surface area contributed by atoms with Crippen molar-refractivity contribution in [3.05, 3.63) is 106 Å². The summed E-state index contributed by atoms with van der Waals surface area (Å²) in [5, 5.41) is 1.14. The van der Waals surface area contributed by atoms with E-state index in [1.165, 1.54) is 0 Å². The Bertz CT molecular complexity index is 1400. The second-order valence-corrected chi connectivity index (χ2v) is 10.1. The van der Waals surface area contributed by atoms with Gasteiger partial charge in [0, 0.05) is 18.0 Å². The first-order valence-electron chi connectivity index (χ1n) is 13.6. The van der Waals surface area contributed by atoms with E-state index in [1.807, 2.05) is 53.4 Å². The van der Waals surface area contributed by atoms with Crippen LogP contribution in [0.5, 0.6) is 0 Å². The summed E-state index contributed by atoms with van der Waals surface area (Å²) in [6.07, 6.45) is 5.96. The number of hydrogen-bond acceptors (Lipinski definition) is 3. The zero-order chi connectivity index (χ0) is 26.9. The third-order valence-electron chi connectivity index (χ3n) is 6.99. The van der Waals surface area contributed by atoms with Crippen LogP contribution in [0.25, 0.3) is 16.6 Å². The Morgan fingerprint density at radius 2 is 1.63 bits per heavy atom. The molecule has 4 aromatic rings. The van der Waals surface area contributed by atoms with E-state index in [1.54, 1.807) is 22.8 Å². The van der Waals surface area contributed by atoms with Gasteiger partial charge in [0.1, 0.15) is 5.82 Å². The van der Waals surface area contributed by atoms with Crippen molar-refractivity contribution < 1.29 is 4.79 Å². The van der Waals surface area contributed by atoms with Gasteiger partial charge in [0.25, 0.3) is 5.56 Å². The number of unbranched alkanes of at least 4 members (excludes halogenated alkanes) is 3. The van der Waals surface area contributed by atoms with Crippen molar-refractivity contribution in [3.8, 4) is 5.69 Å². The molecule has 4 rings (SSSR count). The molecule has 6 heteroatoms. The molecule has 0 aliphatic carbocycles. The normalized spacial score (nSPS) is 12.0. The Morgan fingerprint density at radius 1 is 0.921 bits per heavy atom. The molecule has 0 saturated heterocycles. The van der Waals surface area contributed by atoms with Gasteiger partial charge < -0.3 is 4.90 Å². The highest BCUT2D eigenvalue weighted by Crippen LogP contribution is 2.28. The van der Waals surface area contributed by atoms with Crippen molar-refractivity contribution in [1.82, 2.24) is 14.5 Å². The molecule has 1 heterocycles. The molecule has 1 aromatic heterocycles. The molecule has 0 saturated carbocycles. The molecule has 1 atom stereocenters. The largest absolute Gasteiger partial charge is 0.332 e. The molecule has 198 valence electrons. The Labute approximate surface area is 230 Å². The maximum absolute atomic E-state index is 13.8. The Balaban J connectivity index is 1.78. The van der Waals surface area contributed by atoms with Gasteiger partial charge >= 0.3 is 0 Å². The monoisotopic (exact) mass is 529 g/mol. The number of carbonyl (C=O) groups excluding carboxylic acids is 1. The topological polar surface area (TPSA) is 55.2 Å². The van der Waals surface area contributed by atoms with E-state index in [9.17, 15) is 9.59 Å². The van der Waals surface area contributed by atoms with Gasteiger partial charge in [0.15, 0.2) is 0 Å². The van der Waals surface area contributed by atoms with Gasteiger partial charge in [0.05, 0.1) is 22.6 Å². The molecule has 0 aliphatic heterocycles. The number of nitrogens with zero attached hydrogens (tertiary/aromatic N) is 3. The average molecular weight is 530 g/mol. The minimum atomic E-state index is -0.340. The maximum Gasteiger partial charge on any atom is 0.266 e. The number of rotatable bonds is 12. The molecule has 0 N–H and O–H groups in total. The Kier molecular flexibility index (Phi) is 9.72. The quantitative estimate of drug-likeness (QED) is 0.178. The van der Waals surface area contributed by atoms with Crippen LogP contribution < -0.4 is 5.56 Å². The first-order valence-corrected chi connectivity index (χ1v) is 14.0. The summed E-state index contributed by atoms with van der Waals surface area (Å²) in [4.78, 5) is 34.6. The minimum absolute atomic E-state index is 0.0854. The average Bonchev–Trinajstić information content (AvgIpc) is 2.95. The highest BCUT2D eigenvalue weighted by molar-refractivity contribution is 6.30. The van der Waals surface area contributed by atoms with Gasteiger partial charge in [-0.15, -0.1) is 0 Å². The number of benzene rings is 3. The van der Waals surface area contributed by atoms with Crippen LogP contribution in [0.2, 0.25) is 5.02 Å². The molecular formula is C32H36ClN3O2. The van der Waals surface area contributed by atoms with Gasteiger partial charge in [-0.3, -0.25) is 14.2 Å². The van der Waals surface area contributed by atoms with E-state index >= 15 is 0 Å². The summed E-state index contributed by atoms with van der Waals surface area (Å²) in [6, 6.07) is 24.4. The van der Waals surface area contributed by atoms with Crippen molar-refractivity contribution in [2.45, 2.75) is 64.8 Å². The van der Waals surface area contributed by atoms with E-state index in [2.05, 4.69) is 26.0 Å². The zero-order valence-corrected chi connectivity index (χ0v) is 23.0. The molecule has 0 fully saturated rings. The molecule has 1 amide bonds. The summed E-state index contributed by atoms with van der Waals surface area (Å²) in [7, 11) is 0. The van der Waals surface area contributed by atoms with Crippen molar-refractivity contribution in [2.24, 2.45) is 0 Å². The van der Waals surface area contributed by atoms with Crippen LogP contribution in [0.4, 0.5) is 0 Å². The number of aryl methyl sites for hydroxylation is 1. The van der Waals surface area contributed by atoms with Gasteiger partial charge in [-0.25, -0.2) is 4.98 Å². The summed E-state index contributed by atoms with van der Waals surface area (Å²) in [5.41, 5.74) is 2.32. The van der Waals surface area contributed by atoms with Crippen LogP contribution in [0.3, 0.4) is 0 Å². The van der Waals surface area contributed by atoms with Crippen molar-refractivity contribution in [3.63, 3.8) is 0 Å². The number of aromatic nitrogens is 2. The van der Waals surface area contributed by atoms with Gasteiger partial charge in [-0.05, 0) is 61.2 Å². The maximum atomic E-state index is 13.8. The van der Waals surface area contributed by atoms with Crippen molar-refractivity contribution in [1.29, 1.82) is 0 Å². The SMILES string of the molecule is CCCCCCN(C(=O)CCc1ccccc1)C(CC)c1nc2ccccc2c(=O)n1-c1ccc(Cl)cc1. The van der Waals surface area contributed by atoms with E-state index in [0.29, 0.717) is 53.2 Å². The lowest BCUT2D eigenvalue weighted by molar-refractivity contribution is -0.134. The highest BCUT2D eigenvalue weighted by atomic mass is 35.5. The second-order valence-electron chi connectivity index (χ2n) is 9.66. The van der Waals surface area contributed by atoms with E-state index in [4.69, 9.17) is 16.6 Å². The lowest BCUT2D eigenvalue weighted by Crippen LogP contribution is -2.39. The second kappa shape index (κ2) is 13.4. The van der Waals surface area contributed by atoms with Gasteiger partial charge in [-0.1, -0.05) is 87.2 Å². The summed E-state index contributed by atoms with van der Waals surface area (Å²) < 4.78 is 1.66. The Hall–Kier alpha value is -3.44. The highest BCUT2D eigenvalue weighted by Gasteiger charge is 2.28. The molecule has 0 bridgehead atoms. The number of carbonyl (C=O) groups is 1. The first-order chi connectivity index (χ1) is 18.5. The molecule has 0 aliphatic rings. The summed E-state index contributed by atoms with van der Waals surface area (Å²) in [5.74, 6) is 0.671. The van der Waals surface area contributed by atoms with Crippen molar-refractivity contribution >= 4 is 28.4 Å². The van der Waals surface area contributed by atoms with Crippen LogP contribution in [-0.2, 0) is 11.2 Å². The van der Waals surface area contributed by atoms with Crippen LogP contribution in [-0.4, -0.2) is 26.9 Å². The number of para-hydroxylation sites is 1. The number of amides is 1. The molecule has 1 unspecified atom stereocenters. The third-order valence-corrected chi connectivity index (χ3v) is 7.24. The minimum Gasteiger partial charge on any atom is -0.332 e. The predicted octanol–water partition coefficient (Wildman–Crippen LogP) is 7.53. The van der Waals surface area contributed by atoms with E-state index < -0.39 is 0 Å². The van der Waals surface area contributed by atoms with Crippen LogP contribution in [0.15, 0.2) is 83.7 Å². The predicted molar refractivity (Wildman–Crippen MR) is 156 cm³/mol. The van der Waals surface area contributed by atoms with E-state index in [-0.39, 0.29) is 17.5 Å². The fourth-order valence-electron chi connectivity index (χ4n) is 4.96. The third kappa shape index (κ3) is 6.51. The molecule has 38 heavy (non-hydrogen) atoms. The fraction of sp³-hybridized carbons (Fsp3) is 0.344. The molecule has 5 nitrogen and oxygen atoms in total. The molecular weight excluding hydrogens is 494 g/mol. The lowest BCUT2D eigenvalue weighted by Gasteiger charge is -2.32. The smallest absolute Gasteiger partial charge is 0.266 e. The van der Waals surface area contributed by atoms with Gasteiger partial charge in [0.2, 0.25) is 5.91 Å². The van der Waals surface area contributed by atoms with E-state index in [0.717, 1.165) is 31.2 Å². The number of hydrogen-bond donors (Lipinski definition) is 0. The Morgan fingerprint density at radius 3 is 2.34 bits per heavy atom. The number of halogens is 1. The molecule has 3 aromatic carbocycles. The zero-order valence-electron chi connectivity index (χ0n) is 22.3.